The minimum atomic E-state index is 0.194. The van der Waals surface area contributed by atoms with Crippen LogP contribution in [0, 0.1) is 0 Å². The molecule has 3 radical (unpaired) electrons. The summed E-state index contributed by atoms with van der Waals surface area (Å²) < 4.78 is 11.9. The first-order valence-electron chi connectivity index (χ1n) is 1.98. The molecule has 1 aliphatic heterocycles. The molecule has 1 heterocycles. The van der Waals surface area contributed by atoms with E-state index in [-0.39, 0.29) is 4.94 Å². The van der Waals surface area contributed by atoms with Gasteiger partial charge in [0.25, 0.3) is 0 Å². The summed E-state index contributed by atoms with van der Waals surface area (Å²) in [4.78, 5) is 0.764. The van der Waals surface area contributed by atoms with E-state index >= 15 is 0 Å². The van der Waals surface area contributed by atoms with E-state index in [0.29, 0.717) is 4.89 Å². The largest absolute Gasteiger partial charge is 0.376 e. The minimum Gasteiger partial charge on any atom is -0.376 e. The number of hydrogen-bond acceptors (Lipinski definition) is 4. The quantitative estimate of drug-likeness (QED) is 0.282. The van der Waals surface area contributed by atoms with Gasteiger partial charge in [0.2, 0.25) is 0 Å². The summed E-state index contributed by atoms with van der Waals surface area (Å²) in [6, 6.07) is 0. The molecule has 1 saturated heterocycles. The SMILES string of the molecule is ON1[B]N[B]N(F)[B]1. The van der Waals surface area contributed by atoms with E-state index in [9.17, 15) is 4.48 Å². The maximum atomic E-state index is 11.9. The summed E-state index contributed by atoms with van der Waals surface area (Å²) in [5.74, 6) is 0. The lowest BCUT2D eigenvalue weighted by Gasteiger charge is -2.21. The summed E-state index contributed by atoms with van der Waals surface area (Å²) in [5, 5.41) is 10.8. The second-order valence-corrected chi connectivity index (χ2v) is 1.26. The molecule has 1 fully saturated rings. The van der Waals surface area contributed by atoms with Crippen LogP contribution >= 0.6 is 0 Å². The van der Waals surface area contributed by atoms with Crippen LogP contribution in [0.4, 0.5) is 4.48 Å². The van der Waals surface area contributed by atoms with E-state index in [1.54, 1.807) is 0 Å². The molecule has 0 saturated carbocycles. The summed E-state index contributed by atoms with van der Waals surface area (Å²) in [6.07, 6.45) is 0. The molecule has 0 amide bonds. The highest BCUT2D eigenvalue weighted by atomic mass is 19.2. The Balaban J connectivity index is 2.23. The summed E-state index contributed by atoms with van der Waals surface area (Å²) >= 11 is 0. The van der Waals surface area contributed by atoms with E-state index in [1.165, 1.54) is 7.55 Å². The zero-order valence-electron chi connectivity index (χ0n) is 3.95. The lowest BCUT2D eigenvalue weighted by atomic mass is 9.83. The van der Waals surface area contributed by atoms with Gasteiger partial charge in [-0.2, -0.15) is 4.48 Å². The molecule has 4 nitrogen and oxygen atoms in total. The Morgan fingerprint density at radius 1 is 1.50 bits per heavy atom. The van der Waals surface area contributed by atoms with Gasteiger partial charge in [0.15, 0.2) is 0 Å². The molecule has 1 rings (SSSR count). The van der Waals surface area contributed by atoms with Crippen molar-refractivity contribution in [3.05, 3.63) is 0 Å². The molecule has 0 aromatic heterocycles. The molecule has 0 atom stereocenters. The standard InChI is InChI=1S/B3FH2N3O/c4-6-1-5-2-7(8)3-6/h5,8H. The van der Waals surface area contributed by atoms with Gasteiger partial charge in [0, 0.05) is 0 Å². The van der Waals surface area contributed by atoms with E-state index < -0.39 is 0 Å². The Bertz CT molecular complexity index is 72.9. The van der Waals surface area contributed by atoms with Crippen molar-refractivity contribution in [2.75, 3.05) is 0 Å². The Kier molecular flexibility index (Phi) is 1.90. The van der Waals surface area contributed by atoms with Crippen LogP contribution in [0.3, 0.4) is 0 Å². The van der Waals surface area contributed by atoms with Crippen molar-refractivity contribution < 1.29 is 9.69 Å². The number of hydrogen-bond donors (Lipinski definition) is 2. The molecule has 0 bridgehead atoms. The number of nitrogens with zero attached hydrogens (tertiary/aromatic N) is 2. The Morgan fingerprint density at radius 2 is 2.25 bits per heavy atom. The minimum absolute atomic E-state index is 0.194. The second kappa shape index (κ2) is 2.50. The van der Waals surface area contributed by atoms with Gasteiger partial charge in [-0.25, -0.2) is 9.83 Å². The zero-order chi connectivity index (χ0) is 5.98. The molecular formula is H2B3FN3O. The van der Waals surface area contributed by atoms with Crippen LogP contribution in [-0.2, 0) is 0 Å². The van der Waals surface area contributed by atoms with Crippen LogP contribution in [0.15, 0.2) is 0 Å². The Morgan fingerprint density at radius 3 is 2.62 bits per heavy atom. The molecule has 0 spiro atoms. The molecule has 0 unspecified atom stereocenters. The normalized spacial score (nSPS) is 23.2. The van der Waals surface area contributed by atoms with E-state index in [2.05, 4.69) is 5.14 Å². The third kappa shape index (κ3) is 1.48. The summed E-state index contributed by atoms with van der Waals surface area (Å²) in [5.41, 5.74) is 0. The average molecular weight is 111 g/mol. The molecular weight excluding hydrogens is 109 g/mol. The molecule has 0 aromatic rings. The highest BCUT2D eigenvalue weighted by Gasteiger charge is 2.19. The molecule has 0 aromatic carbocycles. The fourth-order valence-corrected chi connectivity index (χ4v) is 0.361. The average Bonchev–Trinajstić information content (AvgIpc) is 1.64. The monoisotopic (exact) mass is 112 g/mol. The van der Waals surface area contributed by atoms with E-state index in [0.717, 1.165) is 15.1 Å². The first-order valence-corrected chi connectivity index (χ1v) is 1.98. The van der Waals surface area contributed by atoms with Crippen molar-refractivity contribution >= 4 is 22.6 Å². The van der Waals surface area contributed by atoms with Crippen LogP contribution < -0.4 is 5.14 Å². The predicted octanol–water partition coefficient (Wildman–Crippen LogP) is -1.93. The van der Waals surface area contributed by atoms with Gasteiger partial charge >= 0.3 is 22.6 Å². The van der Waals surface area contributed by atoms with Crippen LogP contribution in [0.25, 0.3) is 0 Å². The van der Waals surface area contributed by atoms with Gasteiger partial charge in [-0.15, -0.1) is 0 Å². The van der Waals surface area contributed by atoms with E-state index in [1.807, 2.05) is 0 Å². The maximum absolute atomic E-state index is 11.9. The molecule has 2 N–H and O–H groups in total. The molecule has 39 valence electrons. The molecule has 8 heteroatoms. The third-order valence-electron chi connectivity index (χ3n) is 0.633. The van der Waals surface area contributed by atoms with E-state index in [4.69, 9.17) is 5.21 Å². The van der Waals surface area contributed by atoms with Crippen molar-refractivity contribution in [2.45, 2.75) is 0 Å². The second-order valence-electron chi connectivity index (χ2n) is 1.26. The number of nitrogens with one attached hydrogen (secondary N) is 1. The van der Waals surface area contributed by atoms with Crippen molar-refractivity contribution in [1.82, 2.24) is 15.0 Å². The van der Waals surface area contributed by atoms with Gasteiger partial charge in [-0.3, -0.25) is 0 Å². The molecule has 0 aliphatic carbocycles. The third-order valence-corrected chi connectivity index (χ3v) is 0.633. The van der Waals surface area contributed by atoms with Crippen LogP contribution in [-0.4, -0.2) is 37.7 Å². The van der Waals surface area contributed by atoms with Crippen molar-refractivity contribution in [3.8, 4) is 0 Å². The smallest absolute Gasteiger partial charge is 0.348 e. The van der Waals surface area contributed by atoms with Gasteiger partial charge in [-0.1, -0.05) is 0 Å². The van der Waals surface area contributed by atoms with Crippen LogP contribution in [0.2, 0.25) is 0 Å². The molecule has 8 heavy (non-hydrogen) atoms. The van der Waals surface area contributed by atoms with Gasteiger partial charge in [0.1, 0.15) is 0 Å². The highest BCUT2D eigenvalue weighted by Crippen LogP contribution is 1.86. The first-order chi connectivity index (χ1) is 3.79. The van der Waals surface area contributed by atoms with Crippen molar-refractivity contribution in [1.29, 1.82) is 0 Å². The summed E-state index contributed by atoms with van der Waals surface area (Å²) in [7, 11) is 3.10. The fraction of sp³-hybridized carbons (Fsp3) is 0. The predicted molar refractivity (Wildman–Crippen MR) is 27.0 cm³/mol. The number of halogens is 1. The van der Waals surface area contributed by atoms with Gasteiger partial charge < -0.3 is 10.3 Å². The molecule has 1 aliphatic rings. The van der Waals surface area contributed by atoms with Crippen LogP contribution in [0.5, 0.6) is 0 Å². The van der Waals surface area contributed by atoms with Crippen molar-refractivity contribution in [2.24, 2.45) is 0 Å². The lowest BCUT2D eigenvalue weighted by molar-refractivity contribution is 0.0665. The zero-order valence-corrected chi connectivity index (χ0v) is 3.95. The van der Waals surface area contributed by atoms with Crippen molar-refractivity contribution in [3.63, 3.8) is 0 Å². The topological polar surface area (TPSA) is 38.7 Å². The van der Waals surface area contributed by atoms with Gasteiger partial charge in [0.05, 0.1) is 0 Å². The Labute approximate surface area is 48.4 Å². The first kappa shape index (κ1) is 6.09. The summed E-state index contributed by atoms with van der Waals surface area (Å²) in [6.45, 7) is 0. The van der Waals surface area contributed by atoms with Gasteiger partial charge in [-0.05, 0) is 0 Å². The van der Waals surface area contributed by atoms with Crippen LogP contribution in [0.1, 0.15) is 0 Å². The fourth-order valence-electron chi connectivity index (χ4n) is 0.361. The number of rotatable bonds is 0. The Hall–Kier alpha value is -0.0352. The maximum Gasteiger partial charge on any atom is 0.348 e. The highest BCUT2D eigenvalue weighted by molar-refractivity contribution is 6.63. The lowest BCUT2D eigenvalue weighted by Crippen LogP contribution is -2.55.